The lowest BCUT2D eigenvalue weighted by Gasteiger charge is -2.03. The fourth-order valence-electron chi connectivity index (χ4n) is 2.04. The summed E-state index contributed by atoms with van der Waals surface area (Å²) in [5.41, 5.74) is 1.68. The molecule has 116 valence electrons. The fraction of sp³-hybridized carbons (Fsp3) is 0.118. The monoisotopic (exact) mass is 419 g/mol. The smallest absolute Gasteiger partial charge is 0.227 e. The van der Waals surface area contributed by atoms with Crippen molar-refractivity contribution in [2.45, 2.75) is 12.8 Å². The SMILES string of the molecule is O=C(CCc1nc(-c2ccccc2)no1)Nc1ccc(I)cc1. The van der Waals surface area contributed by atoms with Gasteiger partial charge in [0.25, 0.3) is 0 Å². The van der Waals surface area contributed by atoms with Crippen molar-refractivity contribution in [3.8, 4) is 11.4 Å². The summed E-state index contributed by atoms with van der Waals surface area (Å²) in [7, 11) is 0. The van der Waals surface area contributed by atoms with Gasteiger partial charge in [0.15, 0.2) is 0 Å². The number of amides is 1. The van der Waals surface area contributed by atoms with Crippen molar-refractivity contribution in [2.75, 3.05) is 5.32 Å². The molecule has 0 spiro atoms. The van der Waals surface area contributed by atoms with Crippen LogP contribution in [0.5, 0.6) is 0 Å². The molecule has 0 aliphatic heterocycles. The molecule has 1 aromatic heterocycles. The Morgan fingerprint density at radius 2 is 1.83 bits per heavy atom. The Morgan fingerprint density at radius 3 is 2.57 bits per heavy atom. The number of carbonyl (C=O) groups is 1. The number of carbonyl (C=O) groups excluding carboxylic acids is 1. The Balaban J connectivity index is 1.55. The van der Waals surface area contributed by atoms with Crippen molar-refractivity contribution < 1.29 is 9.32 Å². The molecule has 23 heavy (non-hydrogen) atoms. The zero-order valence-electron chi connectivity index (χ0n) is 12.2. The van der Waals surface area contributed by atoms with E-state index >= 15 is 0 Å². The molecule has 0 fully saturated rings. The molecule has 0 unspecified atom stereocenters. The van der Waals surface area contributed by atoms with E-state index in [0.29, 0.717) is 24.6 Å². The van der Waals surface area contributed by atoms with Gasteiger partial charge in [0.05, 0.1) is 0 Å². The van der Waals surface area contributed by atoms with Crippen LogP contribution in [0.4, 0.5) is 5.69 Å². The van der Waals surface area contributed by atoms with Gasteiger partial charge in [-0.25, -0.2) is 0 Å². The molecule has 1 N–H and O–H groups in total. The predicted octanol–water partition coefficient (Wildman–Crippen LogP) is 3.91. The van der Waals surface area contributed by atoms with Crippen LogP contribution < -0.4 is 5.32 Å². The molecule has 0 bridgehead atoms. The second-order valence-electron chi connectivity index (χ2n) is 4.93. The third kappa shape index (κ3) is 4.38. The predicted molar refractivity (Wildman–Crippen MR) is 95.8 cm³/mol. The van der Waals surface area contributed by atoms with Gasteiger partial charge in [0, 0.05) is 27.7 Å². The zero-order valence-corrected chi connectivity index (χ0v) is 14.4. The van der Waals surface area contributed by atoms with Crippen LogP contribution in [0.1, 0.15) is 12.3 Å². The quantitative estimate of drug-likeness (QED) is 0.637. The summed E-state index contributed by atoms with van der Waals surface area (Å²) < 4.78 is 6.32. The van der Waals surface area contributed by atoms with Crippen molar-refractivity contribution in [3.05, 3.63) is 64.1 Å². The van der Waals surface area contributed by atoms with Gasteiger partial charge in [-0.1, -0.05) is 35.5 Å². The standard InChI is InChI=1S/C17H14IN3O2/c18-13-6-8-14(9-7-13)19-15(22)10-11-16-20-17(21-23-16)12-4-2-1-3-5-12/h1-9H,10-11H2,(H,19,22). The lowest BCUT2D eigenvalue weighted by Crippen LogP contribution is -2.12. The molecule has 3 aromatic rings. The second-order valence-corrected chi connectivity index (χ2v) is 6.18. The van der Waals surface area contributed by atoms with Crippen molar-refractivity contribution in [1.82, 2.24) is 10.1 Å². The number of nitrogens with one attached hydrogen (secondary N) is 1. The zero-order chi connectivity index (χ0) is 16.1. The summed E-state index contributed by atoms with van der Waals surface area (Å²) in [6, 6.07) is 17.2. The summed E-state index contributed by atoms with van der Waals surface area (Å²) in [6.45, 7) is 0. The normalized spacial score (nSPS) is 10.5. The Labute approximate surface area is 147 Å². The molecule has 0 aliphatic rings. The molecule has 0 atom stereocenters. The first-order valence-corrected chi connectivity index (χ1v) is 8.22. The molecule has 0 radical (unpaired) electrons. The largest absolute Gasteiger partial charge is 0.339 e. The number of aromatic nitrogens is 2. The summed E-state index contributed by atoms with van der Waals surface area (Å²) in [5.74, 6) is 0.922. The third-order valence-electron chi connectivity index (χ3n) is 3.19. The van der Waals surface area contributed by atoms with Crippen molar-refractivity contribution >= 4 is 34.2 Å². The molecule has 6 heteroatoms. The van der Waals surface area contributed by atoms with E-state index < -0.39 is 0 Å². The second kappa shape index (κ2) is 7.36. The maximum atomic E-state index is 11.9. The molecular weight excluding hydrogens is 405 g/mol. The highest BCUT2D eigenvalue weighted by molar-refractivity contribution is 14.1. The highest BCUT2D eigenvalue weighted by atomic mass is 127. The van der Waals surface area contributed by atoms with Gasteiger partial charge in [0.2, 0.25) is 17.6 Å². The maximum Gasteiger partial charge on any atom is 0.227 e. The van der Waals surface area contributed by atoms with E-state index in [1.807, 2.05) is 54.6 Å². The number of hydrogen-bond donors (Lipinski definition) is 1. The summed E-state index contributed by atoms with van der Waals surface area (Å²) in [5, 5.41) is 6.79. The Morgan fingerprint density at radius 1 is 1.09 bits per heavy atom. The van der Waals surface area contributed by atoms with E-state index in [9.17, 15) is 4.79 Å². The average Bonchev–Trinajstić information content (AvgIpc) is 3.05. The van der Waals surface area contributed by atoms with Crippen LogP contribution in [-0.4, -0.2) is 16.0 Å². The summed E-state index contributed by atoms with van der Waals surface area (Å²) in [6.07, 6.45) is 0.707. The van der Waals surface area contributed by atoms with E-state index in [1.165, 1.54) is 0 Å². The minimum absolute atomic E-state index is 0.0781. The fourth-order valence-corrected chi connectivity index (χ4v) is 2.40. The minimum Gasteiger partial charge on any atom is -0.339 e. The van der Waals surface area contributed by atoms with Crippen LogP contribution in [0.25, 0.3) is 11.4 Å². The number of benzene rings is 2. The lowest BCUT2D eigenvalue weighted by molar-refractivity contribution is -0.116. The van der Waals surface area contributed by atoms with Crippen molar-refractivity contribution in [1.29, 1.82) is 0 Å². The topological polar surface area (TPSA) is 68.0 Å². The van der Waals surface area contributed by atoms with Gasteiger partial charge >= 0.3 is 0 Å². The molecule has 0 saturated carbocycles. The molecule has 1 heterocycles. The first kappa shape index (κ1) is 15.7. The molecule has 0 aliphatic carbocycles. The van der Waals surface area contributed by atoms with Gasteiger partial charge in [-0.15, -0.1) is 0 Å². The minimum atomic E-state index is -0.0781. The first-order valence-electron chi connectivity index (χ1n) is 7.14. The summed E-state index contributed by atoms with van der Waals surface area (Å²) in [4.78, 5) is 16.3. The van der Waals surface area contributed by atoms with Gasteiger partial charge in [0.1, 0.15) is 0 Å². The van der Waals surface area contributed by atoms with Crippen LogP contribution in [0.3, 0.4) is 0 Å². The van der Waals surface area contributed by atoms with Crippen LogP contribution in [0.15, 0.2) is 59.1 Å². The van der Waals surface area contributed by atoms with Gasteiger partial charge < -0.3 is 9.84 Å². The highest BCUT2D eigenvalue weighted by Gasteiger charge is 2.10. The van der Waals surface area contributed by atoms with Crippen LogP contribution >= 0.6 is 22.6 Å². The Hall–Kier alpha value is -2.22. The van der Waals surface area contributed by atoms with Crippen LogP contribution in [0.2, 0.25) is 0 Å². The van der Waals surface area contributed by atoms with E-state index in [1.54, 1.807) is 0 Å². The Bertz CT molecular complexity index is 785. The molecule has 3 rings (SSSR count). The molecule has 5 nitrogen and oxygen atoms in total. The maximum absolute atomic E-state index is 11.9. The van der Waals surface area contributed by atoms with E-state index in [-0.39, 0.29) is 5.91 Å². The van der Waals surface area contributed by atoms with E-state index in [4.69, 9.17) is 4.52 Å². The van der Waals surface area contributed by atoms with E-state index in [2.05, 4.69) is 38.0 Å². The molecule has 2 aromatic carbocycles. The number of aryl methyl sites for hydroxylation is 1. The van der Waals surface area contributed by atoms with Gasteiger partial charge in [-0.05, 0) is 46.9 Å². The number of halogens is 1. The average molecular weight is 419 g/mol. The molecular formula is C17H14IN3O2. The summed E-state index contributed by atoms with van der Waals surface area (Å²) >= 11 is 2.22. The third-order valence-corrected chi connectivity index (χ3v) is 3.91. The first-order chi connectivity index (χ1) is 11.2. The van der Waals surface area contributed by atoms with Crippen molar-refractivity contribution in [3.63, 3.8) is 0 Å². The van der Waals surface area contributed by atoms with E-state index in [0.717, 1.165) is 14.8 Å². The highest BCUT2D eigenvalue weighted by Crippen LogP contribution is 2.16. The van der Waals surface area contributed by atoms with Crippen LogP contribution in [-0.2, 0) is 11.2 Å². The molecule has 1 amide bonds. The van der Waals surface area contributed by atoms with Crippen molar-refractivity contribution in [2.24, 2.45) is 0 Å². The number of hydrogen-bond acceptors (Lipinski definition) is 4. The number of rotatable bonds is 5. The number of anilines is 1. The van der Waals surface area contributed by atoms with Gasteiger partial charge in [-0.3, -0.25) is 4.79 Å². The van der Waals surface area contributed by atoms with Crippen LogP contribution in [0, 0.1) is 3.57 Å². The molecule has 0 saturated heterocycles. The lowest BCUT2D eigenvalue weighted by atomic mass is 10.2. The Kier molecular flexibility index (Phi) is 5.02. The van der Waals surface area contributed by atoms with Gasteiger partial charge in [-0.2, -0.15) is 4.98 Å². The number of nitrogens with zero attached hydrogens (tertiary/aromatic N) is 2.